The molecule has 1 N–H and O–H groups in total. The molecule has 1 heterocycles. The molecule has 0 unspecified atom stereocenters. The van der Waals surface area contributed by atoms with E-state index in [2.05, 4.69) is 4.98 Å². The summed E-state index contributed by atoms with van der Waals surface area (Å²) in [6.45, 7) is 3.21. The Labute approximate surface area is 159 Å². The Morgan fingerprint density at radius 1 is 1.22 bits per heavy atom. The third-order valence-corrected chi connectivity index (χ3v) is 4.50. The molecule has 0 aliphatic carbocycles. The summed E-state index contributed by atoms with van der Waals surface area (Å²) in [6.07, 6.45) is -1.09. The van der Waals surface area contributed by atoms with E-state index in [9.17, 15) is 19.7 Å². The molecule has 0 fully saturated rings. The molecule has 2 aromatic carbocycles. The highest BCUT2D eigenvalue weighted by atomic mass is 35.5. The third-order valence-electron chi connectivity index (χ3n) is 4.17. The van der Waals surface area contributed by atoms with Crippen LogP contribution in [0.2, 0.25) is 5.02 Å². The van der Waals surface area contributed by atoms with Gasteiger partial charge in [-0.15, -0.1) is 0 Å². The summed E-state index contributed by atoms with van der Waals surface area (Å²) in [5.41, 5.74) is 1.45. The number of para-hydroxylation sites is 1. The molecule has 1 atom stereocenters. The number of fused-ring (bicyclic) bond motifs is 1. The number of ketones is 1. The number of carbonyl (C=O) groups excluding carboxylic acids is 2. The molecule has 8 heteroatoms. The minimum absolute atomic E-state index is 0.00789. The van der Waals surface area contributed by atoms with Crippen LogP contribution in [-0.4, -0.2) is 27.8 Å². The van der Waals surface area contributed by atoms with Gasteiger partial charge < -0.3 is 9.72 Å². The molecule has 3 aromatic rings. The fourth-order valence-corrected chi connectivity index (χ4v) is 3.05. The van der Waals surface area contributed by atoms with Gasteiger partial charge in [0, 0.05) is 34.3 Å². The Bertz CT molecular complexity index is 1070. The van der Waals surface area contributed by atoms with Gasteiger partial charge >= 0.3 is 5.97 Å². The Balaban J connectivity index is 1.86. The van der Waals surface area contributed by atoms with Gasteiger partial charge in [0.25, 0.3) is 5.69 Å². The number of carbonyl (C=O) groups is 2. The lowest BCUT2D eigenvalue weighted by molar-refractivity contribution is -0.384. The Kier molecular flexibility index (Phi) is 4.96. The molecule has 0 aliphatic heterocycles. The second-order valence-electron chi connectivity index (χ2n) is 6.00. The van der Waals surface area contributed by atoms with E-state index < -0.39 is 17.0 Å². The number of esters is 1. The number of halogens is 1. The van der Waals surface area contributed by atoms with Crippen molar-refractivity contribution in [2.45, 2.75) is 20.0 Å². The number of aryl methyl sites for hydroxylation is 1. The zero-order valence-electron chi connectivity index (χ0n) is 14.5. The number of nitrogens with one attached hydrogen (secondary N) is 1. The third kappa shape index (κ3) is 3.54. The van der Waals surface area contributed by atoms with Crippen molar-refractivity contribution in [3.8, 4) is 0 Å². The lowest BCUT2D eigenvalue weighted by atomic mass is 10.0. The molecule has 0 radical (unpaired) electrons. The fourth-order valence-electron chi connectivity index (χ4n) is 2.86. The molecule has 0 aliphatic rings. The van der Waals surface area contributed by atoms with E-state index in [1.165, 1.54) is 19.1 Å². The van der Waals surface area contributed by atoms with Gasteiger partial charge in [-0.1, -0.05) is 29.8 Å². The number of nitro groups is 1. The first kappa shape index (κ1) is 18.6. The maximum Gasteiger partial charge on any atom is 0.340 e. The maximum atomic E-state index is 12.8. The number of H-pyrrole nitrogens is 1. The summed E-state index contributed by atoms with van der Waals surface area (Å²) in [5, 5.41) is 11.6. The van der Waals surface area contributed by atoms with Crippen LogP contribution in [-0.2, 0) is 4.74 Å². The van der Waals surface area contributed by atoms with Crippen molar-refractivity contribution in [3.63, 3.8) is 0 Å². The molecular weight excluding hydrogens is 372 g/mol. The zero-order valence-corrected chi connectivity index (χ0v) is 15.2. The van der Waals surface area contributed by atoms with Gasteiger partial charge in [-0.3, -0.25) is 14.9 Å². The number of aromatic nitrogens is 1. The topological polar surface area (TPSA) is 102 Å². The Morgan fingerprint density at radius 3 is 2.63 bits per heavy atom. The number of rotatable bonds is 5. The van der Waals surface area contributed by atoms with Gasteiger partial charge in [-0.05, 0) is 26.0 Å². The van der Waals surface area contributed by atoms with Gasteiger partial charge in [0.2, 0.25) is 5.78 Å². The van der Waals surface area contributed by atoms with Crippen LogP contribution in [0, 0.1) is 17.0 Å². The molecule has 7 nitrogen and oxygen atoms in total. The average molecular weight is 387 g/mol. The van der Waals surface area contributed by atoms with Gasteiger partial charge in [-0.2, -0.15) is 0 Å². The van der Waals surface area contributed by atoms with Crippen LogP contribution < -0.4 is 0 Å². The number of non-ortho nitro benzene ring substituents is 1. The smallest absolute Gasteiger partial charge is 0.340 e. The van der Waals surface area contributed by atoms with Crippen LogP contribution in [0.5, 0.6) is 0 Å². The van der Waals surface area contributed by atoms with Gasteiger partial charge in [-0.25, -0.2) is 4.79 Å². The number of nitro benzene ring substituents is 1. The lowest BCUT2D eigenvalue weighted by Crippen LogP contribution is -2.25. The van der Waals surface area contributed by atoms with Gasteiger partial charge in [0.1, 0.15) is 0 Å². The van der Waals surface area contributed by atoms with Crippen LogP contribution in [0.4, 0.5) is 5.69 Å². The number of hydrogen-bond donors (Lipinski definition) is 1. The Morgan fingerprint density at radius 2 is 1.93 bits per heavy atom. The molecule has 0 amide bonds. The lowest BCUT2D eigenvalue weighted by Gasteiger charge is -2.13. The van der Waals surface area contributed by atoms with Crippen molar-refractivity contribution in [1.29, 1.82) is 0 Å². The largest absolute Gasteiger partial charge is 0.451 e. The highest BCUT2D eigenvalue weighted by Crippen LogP contribution is 2.26. The van der Waals surface area contributed by atoms with Crippen LogP contribution >= 0.6 is 11.6 Å². The molecule has 0 saturated carbocycles. The van der Waals surface area contributed by atoms with E-state index in [0.717, 1.165) is 17.0 Å². The SMILES string of the molecule is Cc1[nH]c2ccccc2c1C(=O)[C@@H](C)OC(=O)c1cc([N+](=O)[O-])ccc1Cl. The van der Waals surface area contributed by atoms with E-state index >= 15 is 0 Å². The van der Waals surface area contributed by atoms with Gasteiger partial charge in [0.05, 0.1) is 15.5 Å². The van der Waals surface area contributed by atoms with E-state index in [1.54, 1.807) is 13.0 Å². The molecule has 0 bridgehead atoms. The van der Waals surface area contributed by atoms with Crippen molar-refractivity contribution in [2.24, 2.45) is 0 Å². The van der Waals surface area contributed by atoms with Gasteiger partial charge in [0.15, 0.2) is 6.10 Å². The molecule has 3 rings (SSSR count). The summed E-state index contributed by atoms with van der Waals surface area (Å²) in [5.74, 6) is -1.28. The number of hydrogen-bond acceptors (Lipinski definition) is 5. The molecule has 0 saturated heterocycles. The summed E-state index contributed by atoms with van der Waals surface area (Å²) < 4.78 is 5.23. The predicted octanol–water partition coefficient (Wildman–Crippen LogP) is 4.47. The predicted molar refractivity (Wildman–Crippen MR) is 100 cm³/mol. The standard InChI is InChI=1S/C19H15ClN2O5/c1-10-17(13-5-3-4-6-16(13)21-10)18(23)11(2)27-19(24)14-9-12(22(25)26)7-8-15(14)20/h3-9,11,21H,1-2H3/t11-/m1/s1. The molecule has 0 spiro atoms. The van der Waals surface area contributed by atoms with Crippen molar-refractivity contribution >= 4 is 39.9 Å². The molecule has 27 heavy (non-hydrogen) atoms. The normalized spacial score (nSPS) is 12.0. The first-order chi connectivity index (χ1) is 12.8. The number of benzene rings is 2. The summed E-state index contributed by atoms with van der Waals surface area (Å²) >= 11 is 5.95. The summed E-state index contributed by atoms with van der Waals surface area (Å²) in [6, 6.07) is 10.8. The van der Waals surface area contributed by atoms with Crippen molar-refractivity contribution in [3.05, 3.63) is 74.4 Å². The minimum Gasteiger partial charge on any atom is -0.451 e. The minimum atomic E-state index is -1.09. The summed E-state index contributed by atoms with van der Waals surface area (Å²) in [7, 11) is 0. The molecule has 1 aromatic heterocycles. The van der Waals surface area contributed by atoms with E-state index in [-0.39, 0.29) is 22.1 Å². The highest BCUT2D eigenvalue weighted by Gasteiger charge is 2.26. The fraction of sp³-hybridized carbons (Fsp3) is 0.158. The monoisotopic (exact) mass is 386 g/mol. The quantitative estimate of drug-likeness (QED) is 0.301. The van der Waals surface area contributed by atoms with E-state index in [4.69, 9.17) is 16.3 Å². The maximum absolute atomic E-state index is 12.8. The van der Waals surface area contributed by atoms with Crippen LogP contribution in [0.25, 0.3) is 10.9 Å². The number of nitrogens with zero attached hydrogens (tertiary/aromatic N) is 1. The zero-order chi connectivity index (χ0) is 19.7. The molecular formula is C19H15ClN2O5. The highest BCUT2D eigenvalue weighted by molar-refractivity contribution is 6.33. The van der Waals surface area contributed by atoms with Crippen LogP contribution in [0.3, 0.4) is 0 Å². The first-order valence-corrected chi connectivity index (χ1v) is 8.44. The molecule has 138 valence electrons. The first-order valence-electron chi connectivity index (χ1n) is 8.06. The summed E-state index contributed by atoms with van der Waals surface area (Å²) in [4.78, 5) is 38.6. The number of aromatic amines is 1. The van der Waals surface area contributed by atoms with Crippen molar-refractivity contribution in [2.75, 3.05) is 0 Å². The van der Waals surface area contributed by atoms with Crippen LogP contribution in [0.1, 0.15) is 33.3 Å². The van der Waals surface area contributed by atoms with Crippen LogP contribution in [0.15, 0.2) is 42.5 Å². The van der Waals surface area contributed by atoms with E-state index in [1.807, 2.05) is 18.2 Å². The number of ether oxygens (including phenoxy) is 1. The average Bonchev–Trinajstić information content (AvgIpc) is 2.96. The Hall–Kier alpha value is -3.19. The second-order valence-corrected chi connectivity index (χ2v) is 6.41. The second kappa shape index (κ2) is 7.20. The number of Topliss-reactive ketones (excluding diaryl/α,β-unsaturated/α-hetero) is 1. The van der Waals surface area contributed by atoms with E-state index in [0.29, 0.717) is 11.3 Å². The van der Waals surface area contributed by atoms with Crippen molar-refractivity contribution < 1.29 is 19.2 Å². The van der Waals surface area contributed by atoms with Crippen molar-refractivity contribution in [1.82, 2.24) is 4.98 Å².